The summed E-state index contributed by atoms with van der Waals surface area (Å²) in [6, 6.07) is 16.4. The van der Waals surface area contributed by atoms with Crippen molar-refractivity contribution in [3.05, 3.63) is 124 Å². The van der Waals surface area contributed by atoms with Gasteiger partial charge in [0, 0.05) is 83.0 Å². The Morgan fingerprint density at radius 1 is 0.774 bits per heavy atom. The van der Waals surface area contributed by atoms with Crippen molar-refractivity contribution in [2.45, 2.75) is 87.0 Å². The molecule has 15 heteroatoms. The van der Waals surface area contributed by atoms with Crippen LogP contribution in [0.15, 0.2) is 82.5 Å². The maximum atomic E-state index is 6.35. The molecule has 0 saturated heterocycles. The molecule has 4 N–H and O–H groups in total. The maximum Gasteiger partial charge on any atom is 0.166 e. The number of nitrogen functional groups attached to an aromatic ring is 2. The van der Waals surface area contributed by atoms with Crippen molar-refractivity contribution in [1.29, 1.82) is 0 Å². The van der Waals surface area contributed by atoms with E-state index in [1.54, 1.807) is 18.7 Å². The van der Waals surface area contributed by atoms with Crippen LogP contribution < -0.4 is 20.9 Å². The number of ether oxygens (including phenoxy) is 2. The minimum Gasteiger partial charge on any atom is -0.482 e. The standard InChI is InChI=1S/C24H25N5O2.C22H22N6O2.CH4/c1-5-20-22-15-10-21(24(25)26-11-15)30-14(3)18-8-13(2)6-7-17(18)23-16(12-29(4)27-23)9-19(22)28-31-20;1-4-17-20-14-8-18(21(23)24-9-14)29-13(3)16-7-12(2)5-6-15(16)22-26-25-11-28(22)10-19(20)30-27-17;/h6-8,10-12,14H,5,9H2,1-4H3,(H2,25,26);5-9,11,13H,4,10H2,1-3H3,(H2,23,24);1H4/t14-;13-;/m11./s1. The monoisotopic (exact) mass is 833 g/mol. The Kier molecular flexibility index (Phi) is 11.1. The van der Waals surface area contributed by atoms with Gasteiger partial charge < -0.3 is 34.6 Å². The van der Waals surface area contributed by atoms with E-state index in [1.165, 1.54) is 0 Å². The molecule has 2 atom stereocenters. The molecule has 0 fully saturated rings. The molecule has 0 amide bonds. The van der Waals surface area contributed by atoms with Crippen molar-refractivity contribution in [2.24, 2.45) is 7.05 Å². The van der Waals surface area contributed by atoms with Crippen molar-refractivity contribution in [3.63, 3.8) is 0 Å². The first kappa shape index (κ1) is 41.4. The van der Waals surface area contributed by atoms with E-state index in [4.69, 9.17) is 35.1 Å². The van der Waals surface area contributed by atoms with Gasteiger partial charge >= 0.3 is 0 Å². The van der Waals surface area contributed by atoms with Crippen LogP contribution in [0.2, 0.25) is 0 Å². The molecule has 15 nitrogen and oxygen atoms in total. The normalized spacial score (nSPS) is 15.0. The average Bonchev–Trinajstić information content (AvgIpc) is 4.06. The second kappa shape index (κ2) is 16.6. The van der Waals surface area contributed by atoms with Crippen molar-refractivity contribution < 1.29 is 18.5 Å². The highest BCUT2D eigenvalue weighted by Crippen LogP contribution is 2.41. The van der Waals surface area contributed by atoms with Gasteiger partial charge in [-0.25, -0.2) is 9.97 Å². The van der Waals surface area contributed by atoms with Crippen molar-refractivity contribution >= 4 is 11.6 Å². The fourth-order valence-corrected chi connectivity index (χ4v) is 8.24. The second-order valence-electron chi connectivity index (χ2n) is 15.6. The molecule has 318 valence electrons. The first-order valence-corrected chi connectivity index (χ1v) is 20.4. The van der Waals surface area contributed by atoms with Gasteiger partial charge in [0.25, 0.3) is 0 Å². The average molecular weight is 834 g/mol. The number of hydrogen-bond donors (Lipinski definition) is 2. The third-order valence-corrected chi connectivity index (χ3v) is 11.2. The van der Waals surface area contributed by atoms with Crippen LogP contribution in [0.4, 0.5) is 11.6 Å². The lowest BCUT2D eigenvalue weighted by Gasteiger charge is -2.21. The number of benzene rings is 2. The van der Waals surface area contributed by atoms with Gasteiger partial charge in [-0.05, 0) is 46.2 Å². The Bertz CT molecular complexity index is 2920. The molecule has 2 aliphatic rings. The molecule has 0 spiro atoms. The Morgan fingerprint density at radius 3 is 2.05 bits per heavy atom. The number of aryl methyl sites for hydroxylation is 5. The van der Waals surface area contributed by atoms with E-state index in [1.807, 2.05) is 61.5 Å². The second-order valence-corrected chi connectivity index (χ2v) is 15.6. The summed E-state index contributed by atoms with van der Waals surface area (Å²) in [5.41, 5.74) is 26.0. The zero-order valence-electron chi connectivity index (χ0n) is 35.2. The molecule has 0 saturated carbocycles. The summed E-state index contributed by atoms with van der Waals surface area (Å²) in [6.45, 7) is 12.7. The lowest BCUT2D eigenvalue weighted by Crippen LogP contribution is -2.11. The third-order valence-electron chi connectivity index (χ3n) is 11.2. The highest BCUT2D eigenvalue weighted by molar-refractivity contribution is 5.74. The minimum absolute atomic E-state index is 0. The van der Waals surface area contributed by atoms with Gasteiger partial charge in [-0.3, -0.25) is 4.68 Å². The molecule has 0 aliphatic carbocycles. The largest absolute Gasteiger partial charge is 0.482 e. The van der Waals surface area contributed by atoms with Gasteiger partial charge in [0.1, 0.15) is 24.3 Å². The van der Waals surface area contributed by atoms with E-state index in [0.29, 0.717) is 41.9 Å². The molecule has 4 bridgehead atoms. The number of nitrogens with two attached hydrogens (primary N) is 2. The van der Waals surface area contributed by atoms with Crippen LogP contribution in [0.5, 0.6) is 11.5 Å². The summed E-state index contributed by atoms with van der Waals surface area (Å²) >= 11 is 0. The molecule has 2 aromatic carbocycles. The highest BCUT2D eigenvalue weighted by Gasteiger charge is 2.27. The maximum absolute atomic E-state index is 6.35. The summed E-state index contributed by atoms with van der Waals surface area (Å²) in [4.78, 5) is 8.78. The lowest BCUT2D eigenvalue weighted by molar-refractivity contribution is 0.228. The van der Waals surface area contributed by atoms with Gasteiger partial charge in [0.2, 0.25) is 0 Å². The third kappa shape index (κ3) is 7.54. The number of nitrogens with zero attached hydrogens (tertiary/aromatic N) is 9. The smallest absolute Gasteiger partial charge is 0.166 e. The zero-order chi connectivity index (χ0) is 42.5. The quantitative estimate of drug-likeness (QED) is 0.167. The van der Waals surface area contributed by atoms with Gasteiger partial charge in [0.15, 0.2) is 34.7 Å². The Hall–Kier alpha value is -7.29. The zero-order valence-corrected chi connectivity index (χ0v) is 35.2. The van der Waals surface area contributed by atoms with Crippen LogP contribution in [0.25, 0.3) is 44.9 Å². The first-order chi connectivity index (χ1) is 29.5. The first-order valence-electron chi connectivity index (χ1n) is 20.4. The van der Waals surface area contributed by atoms with E-state index in [2.05, 4.69) is 81.6 Å². The number of pyridine rings is 2. The number of anilines is 2. The van der Waals surface area contributed by atoms with Crippen LogP contribution >= 0.6 is 0 Å². The number of rotatable bonds is 2. The van der Waals surface area contributed by atoms with E-state index in [0.717, 1.165) is 103 Å². The predicted octanol–water partition coefficient (Wildman–Crippen LogP) is 9.22. The summed E-state index contributed by atoms with van der Waals surface area (Å²) in [7, 11) is 1.94. The topological polar surface area (TPSA) is 197 Å². The molecule has 2 aliphatic heterocycles. The molecule has 10 rings (SSSR count). The Morgan fingerprint density at radius 2 is 1.40 bits per heavy atom. The van der Waals surface area contributed by atoms with E-state index < -0.39 is 0 Å². The molecule has 0 radical (unpaired) electrons. The summed E-state index contributed by atoms with van der Waals surface area (Å²) < 4.78 is 27.9. The van der Waals surface area contributed by atoms with Gasteiger partial charge in [-0.1, -0.05) is 79.1 Å². The minimum atomic E-state index is -0.267. The summed E-state index contributed by atoms with van der Waals surface area (Å²) in [6.07, 6.45) is 8.80. The Labute approximate surface area is 360 Å². The van der Waals surface area contributed by atoms with Crippen LogP contribution in [0, 0.1) is 13.8 Å². The summed E-state index contributed by atoms with van der Waals surface area (Å²) in [5, 5.41) is 22.0. The van der Waals surface area contributed by atoms with Crippen LogP contribution in [0.3, 0.4) is 0 Å². The van der Waals surface area contributed by atoms with Crippen LogP contribution in [0.1, 0.15) is 98.1 Å². The fraction of sp³-hybridized carbons (Fsp3) is 0.298. The van der Waals surface area contributed by atoms with Crippen LogP contribution in [-0.2, 0) is 32.9 Å². The molecule has 8 heterocycles. The van der Waals surface area contributed by atoms with Crippen molar-refractivity contribution in [2.75, 3.05) is 11.5 Å². The van der Waals surface area contributed by atoms with Gasteiger partial charge in [0.05, 0.1) is 29.2 Å². The molecular formula is C47H51N11O4. The van der Waals surface area contributed by atoms with E-state index in [-0.39, 0.29) is 19.6 Å². The van der Waals surface area contributed by atoms with Crippen molar-refractivity contribution in [3.8, 4) is 56.4 Å². The number of aromatic nitrogens is 9. The van der Waals surface area contributed by atoms with E-state index in [9.17, 15) is 0 Å². The fourth-order valence-electron chi connectivity index (χ4n) is 8.24. The highest BCUT2D eigenvalue weighted by atomic mass is 16.5. The lowest BCUT2D eigenvalue weighted by atomic mass is 9.93. The van der Waals surface area contributed by atoms with Gasteiger partial charge in [-0.15, -0.1) is 10.2 Å². The summed E-state index contributed by atoms with van der Waals surface area (Å²) in [5.74, 6) is 4.06. The molecular weight excluding hydrogens is 783 g/mol. The molecule has 0 unspecified atom stereocenters. The van der Waals surface area contributed by atoms with Gasteiger partial charge in [-0.2, -0.15) is 5.10 Å². The Balaban J connectivity index is 0.000000168. The van der Waals surface area contributed by atoms with Crippen molar-refractivity contribution in [1.82, 2.24) is 44.8 Å². The van der Waals surface area contributed by atoms with E-state index >= 15 is 0 Å². The van der Waals surface area contributed by atoms with Crippen LogP contribution in [-0.4, -0.2) is 44.8 Å². The number of fused-ring (bicyclic) bond motifs is 14. The molecule has 6 aromatic heterocycles. The number of hydrogen-bond acceptors (Lipinski definition) is 13. The predicted molar refractivity (Wildman–Crippen MR) is 237 cm³/mol. The molecule has 62 heavy (non-hydrogen) atoms. The SMILES string of the molecule is C.CCc1noc2c1-c1cnc(N)c(c1)O[C@H](C)c1cc(C)ccc1-c1nncn1C2.CCc1onc2c1-c1cnc(N)c(c1)O[C@H](C)c1cc(C)ccc1-c1nn(C)cc1C2. The molecule has 8 aromatic rings.